The van der Waals surface area contributed by atoms with Crippen LogP contribution in [0.25, 0.3) is 17.0 Å². The number of pyridine rings is 1. The standard InChI is InChI=1S/C24H22N4O/c1-17-14-18(2)28(27-17)16-19-6-5-7-21(15-19)26-24(29)11-10-20-12-13-25-23-9-4-3-8-22(20)23/h3-15H,16H2,1-2H3,(H,26,29)/b11-10+. The Hall–Kier alpha value is -3.73. The van der Waals surface area contributed by atoms with Crippen LogP contribution < -0.4 is 5.32 Å². The zero-order valence-electron chi connectivity index (χ0n) is 16.5. The molecule has 1 amide bonds. The van der Waals surface area contributed by atoms with Gasteiger partial charge in [-0.15, -0.1) is 0 Å². The molecule has 29 heavy (non-hydrogen) atoms. The molecule has 0 aliphatic heterocycles. The molecule has 5 heteroatoms. The predicted octanol–water partition coefficient (Wildman–Crippen LogP) is 4.75. The van der Waals surface area contributed by atoms with Crippen molar-refractivity contribution in [2.24, 2.45) is 0 Å². The van der Waals surface area contributed by atoms with Gasteiger partial charge in [0.2, 0.25) is 5.91 Å². The molecule has 144 valence electrons. The number of fused-ring (bicyclic) bond motifs is 1. The molecular weight excluding hydrogens is 360 g/mol. The fourth-order valence-corrected chi connectivity index (χ4v) is 3.37. The smallest absolute Gasteiger partial charge is 0.248 e. The summed E-state index contributed by atoms with van der Waals surface area (Å²) in [6.07, 6.45) is 5.12. The van der Waals surface area contributed by atoms with Crippen LogP contribution in [-0.4, -0.2) is 20.7 Å². The number of aromatic nitrogens is 3. The van der Waals surface area contributed by atoms with E-state index in [4.69, 9.17) is 0 Å². The molecule has 0 radical (unpaired) electrons. The van der Waals surface area contributed by atoms with Crippen LogP contribution in [0.2, 0.25) is 0 Å². The van der Waals surface area contributed by atoms with Crippen LogP contribution in [0.15, 0.2) is 72.9 Å². The average Bonchev–Trinajstić information content (AvgIpc) is 3.03. The van der Waals surface area contributed by atoms with E-state index in [1.165, 1.54) is 0 Å². The topological polar surface area (TPSA) is 59.8 Å². The lowest BCUT2D eigenvalue weighted by Gasteiger charge is -2.08. The van der Waals surface area contributed by atoms with E-state index in [0.717, 1.165) is 39.1 Å². The first-order chi connectivity index (χ1) is 14.1. The lowest BCUT2D eigenvalue weighted by atomic mass is 10.1. The van der Waals surface area contributed by atoms with E-state index in [-0.39, 0.29) is 5.91 Å². The Labute approximate surface area is 169 Å². The number of anilines is 1. The Bertz CT molecular complexity index is 1200. The highest BCUT2D eigenvalue weighted by Gasteiger charge is 2.05. The van der Waals surface area contributed by atoms with E-state index in [1.807, 2.05) is 79.2 Å². The number of aryl methyl sites for hydroxylation is 2. The van der Waals surface area contributed by atoms with Crippen molar-refractivity contribution in [3.63, 3.8) is 0 Å². The van der Waals surface area contributed by atoms with Crippen molar-refractivity contribution in [1.82, 2.24) is 14.8 Å². The van der Waals surface area contributed by atoms with Gasteiger partial charge < -0.3 is 5.32 Å². The highest BCUT2D eigenvalue weighted by Crippen LogP contribution is 2.18. The highest BCUT2D eigenvalue weighted by molar-refractivity contribution is 6.03. The SMILES string of the molecule is Cc1cc(C)n(Cc2cccc(NC(=O)/C=C/c3ccnc4ccccc34)c2)n1. The minimum atomic E-state index is -0.172. The summed E-state index contributed by atoms with van der Waals surface area (Å²) in [4.78, 5) is 16.8. The fourth-order valence-electron chi connectivity index (χ4n) is 3.37. The van der Waals surface area contributed by atoms with Crippen molar-refractivity contribution in [1.29, 1.82) is 0 Å². The molecule has 0 saturated carbocycles. The third-order valence-corrected chi connectivity index (χ3v) is 4.73. The van der Waals surface area contributed by atoms with Crippen LogP contribution in [0.1, 0.15) is 22.5 Å². The highest BCUT2D eigenvalue weighted by atomic mass is 16.1. The molecular formula is C24H22N4O. The summed E-state index contributed by atoms with van der Waals surface area (Å²) in [6, 6.07) is 19.7. The normalized spacial score (nSPS) is 11.2. The quantitative estimate of drug-likeness (QED) is 0.507. The Morgan fingerprint density at radius 1 is 1.07 bits per heavy atom. The molecule has 4 rings (SSSR count). The van der Waals surface area contributed by atoms with Crippen LogP contribution in [0.5, 0.6) is 0 Å². The van der Waals surface area contributed by atoms with Crippen molar-refractivity contribution < 1.29 is 4.79 Å². The Balaban J connectivity index is 1.47. The molecule has 0 aliphatic carbocycles. The van der Waals surface area contributed by atoms with Gasteiger partial charge in [-0.05, 0) is 61.4 Å². The molecule has 0 unspecified atom stereocenters. The number of hydrogen-bond donors (Lipinski definition) is 1. The number of amides is 1. The summed E-state index contributed by atoms with van der Waals surface area (Å²) < 4.78 is 1.96. The molecule has 0 fully saturated rings. The molecule has 0 saturated heterocycles. The van der Waals surface area contributed by atoms with Crippen LogP contribution >= 0.6 is 0 Å². The Morgan fingerprint density at radius 2 is 1.93 bits per heavy atom. The largest absolute Gasteiger partial charge is 0.323 e. The van der Waals surface area contributed by atoms with Gasteiger partial charge in [0.1, 0.15) is 0 Å². The van der Waals surface area contributed by atoms with Crippen molar-refractivity contribution in [3.05, 3.63) is 95.5 Å². The third kappa shape index (κ3) is 4.41. The number of carbonyl (C=O) groups excluding carboxylic acids is 1. The maximum Gasteiger partial charge on any atom is 0.248 e. The summed E-state index contributed by atoms with van der Waals surface area (Å²) >= 11 is 0. The van der Waals surface area contributed by atoms with Gasteiger partial charge in [0.15, 0.2) is 0 Å². The first-order valence-corrected chi connectivity index (χ1v) is 9.51. The summed E-state index contributed by atoms with van der Waals surface area (Å²) in [7, 11) is 0. The van der Waals surface area contributed by atoms with E-state index in [2.05, 4.69) is 21.5 Å². The van der Waals surface area contributed by atoms with E-state index in [9.17, 15) is 4.79 Å². The average molecular weight is 382 g/mol. The second-order valence-electron chi connectivity index (χ2n) is 7.03. The second-order valence-corrected chi connectivity index (χ2v) is 7.03. The maximum atomic E-state index is 12.4. The van der Waals surface area contributed by atoms with Gasteiger partial charge in [-0.2, -0.15) is 5.10 Å². The zero-order valence-corrected chi connectivity index (χ0v) is 16.5. The number of benzene rings is 2. The number of para-hydroxylation sites is 1. The van der Waals surface area contributed by atoms with Gasteiger partial charge in [-0.3, -0.25) is 14.5 Å². The van der Waals surface area contributed by atoms with Crippen molar-refractivity contribution >= 4 is 28.6 Å². The summed E-state index contributed by atoms with van der Waals surface area (Å²) in [6.45, 7) is 4.69. The van der Waals surface area contributed by atoms with Crippen LogP contribution in [0, 0.1) is 13.8 Å². The van der Waals surface area contributed by atoms with Gasteiger partial charge in [0.25, 0.3) is 0 Å². The predicted molar refractivity (Wildman–Crippen MR) is 117 cm³/mol. The van der Waals surface area contributed by atoms with Gasteiger partial charge >= 0.3 is 0 Å². The first-order valence-electron chi connectivity index (χ1n) is 9.51. The fraction of sp³-hybridized carbons (Fsp3) is 0.125. The molecule has 2 aromatic heterocycles. The molecule has 5 nitrogen and oxygen atoms in total. The third-order valence-electron chi connectivity index (χ3n) is 4.73. The lowest BCUT2D eigenvalue weighted by Crippen LogP contribution is -2.09. The summed E-state index contributed by atoms with van der Waals surface area (Å²) in [5.74, 6) is -0.172. The van der Waals surface area contributed by atoms with Crippen LogP contribution in [0.3, 0.4) is 0 Å². The molecule has 2 heterocycles. The van der Waals surface area contributed by atoms with Gasteiger partial charge in [0, 0.05) is 29.0 Å². The molecule has 0 spiro atoms. The number of carbonyl (C=O) groups is 1. The van der Waals surface area contributed by atoms with E-state index >= 15 is 0 Å². The first kappa shape index (κ1) is 18.6. The number of hydrogen-bond acceptors (Lipinski definition) is 3. The number of nitrogens with zero attached hydrogens (tertiary/aromatic N) is 3. The van der Waals surface area contributed by atoms with Crippen molar-refractivity contribution in [3.8, 4) is 0 Å². The van der Waals surface area contributed by atoms with E-state index in [0.29, 0.717) is 6.54 Å². The minimum absolute atomic E-state index is 0.172. The molecule has 0 bridgehead atoms. The monoisotopic (exact) mass is 382 g/mol. The zero-order chi connectivity index (χ0) is 20.2. The Morgan fingerprint density at radius 3 is 2.76 bits per heavy atom. The van der Waals surface area contributed by atoms with Crippen molar-refractivity contribution in [2.75, 3.05) is 5.32 Å². The lowest BCUT2D eigenvalue weighted by molar-refractivity contribution is -0.111. The Kier molecular flexibility index (Phi) is 5.20. The van der Waals surface area contributed by atoms with Crippen LogP contribution in [-0.2, 0) is 11.3 Å². The number of rotatable bonds is 5. The maximum absolute atomic E-state index is 12.4. The second kappa shape index (κ2) is 8.10. The molecule has 0 aliphatic rings. The summed E-state index contributed by atoms with van der Waals surface area (Å²) in [5, 5.41) is 8.45. The summed E-state index contributed by atoms with van der Waals surface area (Å²) in [5.41, 5.74) is 5.83. The molecule has 4 aromatic rings. The van der Waals surface area contributed by atoms with Crippen LogP contribution in [0.4, 0.5) is 5.69 Å². The molecule has 0 atom stereocenters. The minimum Gasteiger partial charge on any atom is -0.323 e. The van der Waals surface area contributed by atoms with E-state index in [1.54, 1.807) is 12.3 Å². The van der Waals surface area contributed by atoms with E-state index < -0.39 is 0 Å². The van der Waals surface area contributed by atoms with Gasteiger partial charge in [-0.25, -0.2) is 0 Å². The molecule has 2 aromatic carbocycles. The number of nitrogens with one attached hydrogen (secondary N) is 1. The van der Waals surface area contributed by atoms with Gasteiger partial charge in [-0.1, -0.05) is 30.3 Å². The van der Waals surface area contributed by atoms with Gasteiger partial charge in [0.05, 0.1) is 17.8 Å². The van der Waals surface area contributed by atoms with Crippen molar-refractivity contribution in [2.45, 2.75) is 20.4 Å². The molecule has 1 N–H and O–H groups in total.